The van der Waals surface area contributed by atoms with Crippen molar-refractivity contribution >= 4 is 28.5 Å². The van der Waals surface area contributed by atoms with Crippen LogP contribution in [0, 0.1) is 53.3 Å². The second kappa shape index (κ2) is 11.8. The first-order chi connectivity index (χ1) is 21.2. The summed E-state index contributed by atoms with van der Waals surface area (Å²) in [5.41, 5.74) is 0.507. The molecule has 0 bridgehead atoms. The molecule has 5 N–H and O–H groups in total. The second-order valence-electron chi connectivity index (χ2n) is 15.4. The van der Waals surface area contributed by atoms with E-state index in [1.54, 1.807) is 25.1 Å². The first-order valence-electron chi connectivity index (χ1n) is 16.9. The molecule has 1 heterocycles. The number of rotatable bonds is 7. The minimum Gasteiger partial charge on any atom is -0.481 e. The highest BCUT2D eigenvalue weighted by Crippen LogP contribution is 2.68. The number of aryl methyl sites for hydroxylation is 1. The number of aliphatic hydroxyl groups excluding tert-OH is 3. The third-order valence-electron chi connectivity index (χ3n) is 13.2. The molecule has 0 aliphatic heterocycles. The molecule has 0 spiro atoms. The Morgan fingerprint density at radius 2 is 1.82 bits per heavy atom. The fourth-order valence-electron chi connectivity index (χ4n) is 10.7. The summed E-state index contributed by atoms with van der Waals surface area (Å²) in [5, 5.41) is 46.4. The highest BCUT2D eigenvalue weighted by molar-refractivity contribution is 5.94. The zero-order chi connectivity index (χ0) is 32.4. The lowest BCUT2D eigenvalue weighted by Gasteiger charge is -2.63. The maximum absolute atomic E-state index is 13.1. The van der Waals surface area contributed by atoms with Crippen molar-refractivity contribution in [1.82, 2.24) is 0 Å². The van der Waals surface area contributed by atoms with Crippen LogP contribution in [0.2, 0.25) is 0 Å². The third-order valence-corrected chi connectivity index (χ3v) is 13.2. The smallest absolute Gasteiger partial charge is 0.340 e. The zero-order valence-corrected chi connectivity index (χ0v) is 26.9. The van der Waals surface area contributed by atoms with Gasteiger partial charge in [0.05, 0.1) is 30.3 Å². The normalized spacial score (nSPS) is 38.2. The van der Waals surface area contributed by atoms with Gasteiger partial charge in [0.1, 0.15) is 5.58 Å². The fourth-order valence-corrected chi connectivity index (χ4v) is 10.7. The number of benzene rings is 1. The summed E-state index contributed by atoms with van der Waals surface area (Å²) in [6, 6.07) is 5.05. The molecule has 246 valence electrons. The van der Waals surface area contributed by atoms with Gasteiger partial charge in [-0.05, 0) is 122 Å². The summed E-state index contributed by atoms with van der Waals surface area (Å²) in [4.78, 5) is 36.6. The Hall–Kier alpha value is -2.75. The monoisotopic (exact) mass is 623 g/mol. The summed E-state index contributed by atoms with van der Waals surface area (Å²) in [6.07, 6.45) is 5.28. The molecule has 4 aliphatic carbocycles. The van der Waals surface area contributed by atoms with E-state index in [0.717, 1.165) is 38.5 Å². The molecule has 45 heavy (non-hydrogen) atoms. The molecule has 6 rings (SSSR count). The van der Waals surface area contributed by atoms with E-state index in [4.69, 9.17) is 9.52 Å². The Balaban J connectivity index is 1.12. The number of carbonyl (C=O) groups excluding carboxylic acids is 1. The number of nitrogens with one attached hydrogen (secondary N) is 1. The van der Waals surface area contributed by atoms with E-state index < -0.39 is 30.2 Å². The van der Waals surface area contributed by atoms with Gasteiger partial charge in [-0.1, -0.05) is 20.8 Å². The quantitative estimate of drug-likeness (QED) is 0.268. The second-order valence-corrected chi connectivity index (χ2v) is 15.4. The number of fused-ring (bicyclic) bond motifs is 6. The molecular weight excluding hydrogens is 574 g/mol. The highest BCUT2D eigenvalue weighted by atomic mass is 16.4. The summed E-state index contributed by atoms with van der Waals surface area (Å²) >= 11 is 0. The van der Waals surface area contributed by atoms with Gasteiger partial charge in [-0.2, -0.15) is 0 Å². The fraction of sp³-hybridized carbons (Fsp3) is 0.694. The standard InChI is InChI=1S/C36H49NO8/c1-18(5-10-31(41)37-21-6-7-23-19(2)24(16-32(42)43)34(44)45-29(23)15-21)25-8-9-26-33-27(17-30(40)36(25,26)4)35(3)12-11-22(38)13-20(35)14-28(33)39/h6-7,15,18,20,22,25-28,30,33,38-40H,5,8-14,16-17H2,1-4H3,(H,37,41)(H,42,43)/t18-,20+,22-,25-,26+,27+,28-,30+,33+,35+,36-/m1/s1. The number of carboxylic acid groups (broad SMARTS) is 1. The molecule has 1 amide bonds. The number of anilines is 1. The Morgan fingerprint density at radius 3 is 2.56 bits per heavy atom. The van der Waals surface area contributed by atoms with Crippen molar-refractivity contribution in [1.29, 1.82) is 0 Å². The Kier molecular flexibility index (Phi) is 8.45. The van der Waals surface area contributed by atoms with Crippen molar-refractivity contribution in [3.63, 3.8) is 0 Å². The van der Waals surface area contributed by atoms with Crippen LogP contribution in [0.25, 0.3) is 11.0 Å². The van der Waals surface area contributed by atoms with Gasteiger partial charge >= 0.3 is 11.6 Å². The lowest BCUT2D eigenvalue weighted by atomic mass is 9.43. The average Bonchev–Trinajstić information content (AvgIpc) is 3.33. The van der Waals surface area contributed by atoms with E-state index in [-0.39, 0.29) is 58.0 Å². The van der Waals surface area contributed by atoms with E-state index in [9.17, 15) is 29.7 Å². The third kappa shape index (κ3) is 5.42. The van der Waals surface area contributed by atoms with Gasteiger partial charge in [-0.25, -0.2) is 4.79 Å². The lowest BCUT2D eigenvalue weighted by molar-refractivity contribution is -0.207. The number of carbonyl (C=O) groups is 2. The summed E-state index contributed by atoms with van der Waals surface area (Å²) in [6.45, 7) is 8.45. The van der Waals surface area contributed by atoms with E-state index in [1.807, 2.05) is 0 Å². The van der Waals surface area contributed by atoms with Crippen LogP contribution in [0.3, 0.4) is 0 Å². The van der Waals surface area contributed by atoms with E-state index in [0.29, 0.717) is 47.4 Å². The van der Waals surface area contributed by atoms with Crippen molar-refractivity contribution in [3.8, 4) is 0 Å². The Bertz CT molecular complexity index is 1530. The molecule has 0 radical (unpaired) electrons. The van der Waals surface area contributed by atoms with Gasteiger partial charge in [0, 0.05) is 23.6 Å². The van der Waals surface area contributed by atoms with Crippen molar-refractivity contribution in [2.75, 3.05) is 5.32 Å². The van der Waals surface area contributed by atoms with Gasteiger partial charge in [-0.3, -0.25) is 9.59 Å². The molecule has 1 aromatic carbocycles. The number of hydrogen-bond donors (Lipinski definition) is 5. The molecule has 9 nitrogen and oxygen atoms in total. The number of amides is 1. The maximum atomic E-state index is 13.1. The summed E-state index contributed by atoms with van der Waals surface area (Å²) in [7, 11) is 0. The van der Waals surface area contributed by atoms with E-state index in [1.165, 1.54) is 0 Å². The van der Waals surface area contributed by atoms with Crippen LogP contribution in [0.1, 0.15) is 89.7 Å². The van der Waals surface area contributed by atoms with E-state index >= 15 is 0 Å². The Labute approximate surface area is 264 Å². The topological polar surface area (TPSA) is 157 Å². The molecule has 4 aliphatic rings. The number of hydrogen-bond acceptors (Lipinski definition) is 7. The summed E-state index contributed by atoms with van der Waals surface area (Å²) in [5.74, 6) is 0.142. The van der Waals surface area contributed by atoms with Gasteiger partial charge in [0.25, 0.3) is 0 Å². The van der Waals surface area contributed by atoms with Gasteiger partial charge in [-0.15, -0.1) is 0 Å². The first-order valence-corrected chi connectivity index (χ1v) is 16.9. The van der Waals surface area contributed by atoms with Crippen molar-refractivity contribution in [2.45, 2.75) is 110 Å². The zero-order valence-electron chi connectivity index (χ0n) is 26.9. The highest BCUT2D eigenvalue weighted by Gasteiger charge is 2.65. The molecule has 2 aromatic rings. The van der Waals surface area contributed by atoms with Crippen LogP contribution in [0.5, 0.6) is 0 Å². The van der Waals surface area contributed by atoms with Crippen LogP contribution in [-0.4, -0.2) is 50.6 Å². The SMILES string of the molecule is Cc1c(CC(=O)O)c(=O)oc2cc(NC(=O)CC[C@@H](C)[C@H]3CC[C@H]4[C@@H]5[C@H](O)C[C@@H]6C[C@H](O)CC[C@]6(C)[C@H]5C[C@H](O)[C@]34C)ccc12. The predicted molar refractivity (Wildman–Crippen MR) is 170 cm³/mol. The molecular formula is C36H49NO8. The Morgan fingerprint density at radius 1 is 1.07 bits per heavy atom. The van der Waals surface area contributed by atoms with Crippen LogP contribution < -0.4 is 10.9 Å². The summed E-state index contributed by atoms with van der Waals surface area (Å²) < 4.78 is 5.40. The molecule has 9 heteroatoms. The van der Waals surface area contributed by atoms with Crippen LogP contribution in [0.15, 0.2) is 27.4 Å². The maximum Gasteiger partial charge on any atom is 0.340 e. The molecule has 11 atom stereocenters. The van der Waals surface area contributed by atoms with Crippen molar-refractivity contribution in [3.05, 3.63) is 39.7 Å². The first kappa shape index (κ1) is 32.2. The average molecular weight is 624 g/mol. The minimum atomic E-state index is -1.10. The number of aliphatic hydroxyl groups is 3. The largest absolute Gasteiger partial charge is 0.481 e. The van der Waals surface area contributed by atoms with E-state index in [2.05, 4.69) is 26.1 Å². The van der Waals surface area contributed by atoms with Crippen LogP contribution in [0.4, 0.5) is 5.69 Å². The van der Waals surface area contributed by atoms with Gasteiger partial charge < -0.3 is 30.2 Å². The van der Waals surface area contributed by atoms with Gasteiger partial charge in [0.2, 0.25) is 5.91 Å². The molecule has 4 saturated carbocycles. The molecule has 4 fully saturated rings. The lowest BCUT2D eigenvalue weighted by Crippen LogP contribution is -2.62. The molecule has 1 aromatic heterocycles. The van der Waals surface area contributed by atoms with Crippen molar-refractivity contribution < 1.29 is 34.4 Å². The molecule has 0 saturated heterocycles. The number of aliphatic carboxylic acids is 1. The van der Waals surface area contributed by atoms with Gasteiger partial charge in [0.15, 0.2) is 0 Å². The molecule has 0 unspecified atom stereocenters. The van der Waals surface area contributed by atoms with Crippen LogP contribution in [-0.2, 0) is 16.0 Å². The van der Waals surface area contributed by atoms with Crippen LogP contribution >= 0.6 is 0 Å². The van der Waals surface area contributed by atoms with Crippen molar-refractivity contribution in [2.24, 2.45) is 46.3 Å². The predicted octanol–water partition coefficient (Wildman–Crippen LogP) is 5.04. The number of carboxylic acids is 1. The minimum absolute atomic E-state index is 0.0397.